The van der Waals surface area contributed by atoms with Crippen LogP contribution in [-0.4, -0.2) is 65.6 Å². The standard InChI is InChI=1S/C17H20FN5O4S/c18-13-1-3-14(4-2-13)28(26,27)23-11-9-22(10-12-23)16(25)6-5-15(24)21-17-19-7-8-20-17/h1-4,7-8H,5-6,9-12H2,(H2,19,20,21,24). The summed E-state index contributed by atoms with van der Waals surface area (Å²) in [5.74, 6) is -0.739. The summed E-state index contributed by atoms with van der Waals surface area (Å²) >= 11 is 0. The Morgan fingerprint density at radius 1 is 1.11 bits per heavy atom. The summed E-state index contributed by atoms with van der Waals surface area (Å²) in [7, 11) is -3.73. The lowest BCUT2D eigenvalue weighted by Crippen LogP contribution is -2.50. The van der Waals surface area contributed by atoms with E-state index in [0.29, 0.717) is 5.95 Å². The van der Waals surface area contributed by atoms with Crippen LogP contribution in [0.2, 0.25) is 0 Å². The molecule has 2 N–H and O–H groups in total. The van der Waals surface area contributed by atoms with Crippen LogP contribution in [0.1, 0.15) is 12.8 Å². The van der Waals surface area contributed by atoms with Crippen LogP contribution in [0.4, 0.5) is 10.3 Å². The second kappa shape index (κ2) is 8.48. The predicted octanol–water partition coefficient (Wildman–Crippen LogP) is 0.801. The van der Waals surface area contributed by atoms with Crippen LogP contribution in [-0.2, 0) is 19.6 Å². The third-order valence-electron chi connectivity index (χ3n) is 4.36. The normalized spacial score (nSPS) is 15.4. The highest BCUT2D eigenvalue weighted by atomic mass is 32.2. The van der Waals surface area contributed by atoms with Gasteiger partial charge >= 0.3 is 0 Å². The zero-order valence-electron chi connectivity index (χ0n) is 15.0. The largest absolute Gasteiger partial charge is 0.340 e. The molecule has 28 heavy (non-hydrogen) atoms. The van der Waals surface area contributed by atoms with Crippen molar-refractivity contribution in [1.82, 2.24) is 19.2 Å². The molecule has 0 saturated carbocycles. The van der Waals surface area contributed by atoms with Crippen LogP contribution in [0.15, 0.2) is 41.6 Å². The van der Waals surface area contributed by atoms with Crippen molar-refractivity contribution in [2.75, 3.05) is 31.5 Å². The van der Waals surface area contributed by atoms with Crippen molar-refractivity contribution >= 4 is 27.8 Å². The third kappa shape index (κ3) is 4.73. The highest BCUT2D eigenvalue weighted by molar-refractivity contribution is 7.89. The number of sulfonamides is 1. The van der Waals surface area contributed by atoms with Gasteiger partial charge in [-0.05, 0) is 24.3 Å². The number of hydrogen-bond donors (Lipinski definition) is 2. The molecule has 0 aliphatic carbocycles. The first-order valence-electron chi connectivity index (χ1n) is 8.69. The van der Waals surface area contributed by atoms with Gasteiger partial charge in [-0.25, -0.2) is 17.8 Å². The van der Waals surface area contributed by atoms with Crippen molar-refractivity contribution in [2.24, 2.45) is 0 Å². The minimum atomic E-state index is -3.73. The zero-order chi connectivity index (χ0) is 20.1. The van der Waals surface area contributed by atoms with Gasteiger partial charge in [-0.15, -0.1) is 0 Å². The quantitative estimate of drug-likeness (QED) is 0.732. The van der Waals surface area contributed by atoms with Crippen molar-refractivity contribution in [3.8, 4) is 0 Å². The number of carbonyl (C=O) groups is 2. The van der Waals surface area contributed by atoms with Crippen molar-refractivity contribution in [3.63, 3.8) is 0 Å². The van der Waals surface area contributed by atoms with E-state index in [-0.39, 0.29) is 55.7 Å². The number of hydrogen-bond acceptors (Lipinski definition) is 5. The number of carbonyl (C=O) groups excluding carboxylic acids is 2. The first-order valence-corrected chi connectivity index (χ1v) is 10.1. The summed E-state index contributed by atoms with van der Waals surface area (Å²) in [5.41, 5.74) is 0. The molecule has 2 amide bonds. The maximum atomic E-state index is 13.0. The van der Waals surface area contributed by atoms with Crippen molar-refractivity contribution in [2.45, 2.75) is 17.7 Å². The highest BCUT2D eigenvalue weighted by Crippen LogP contribution is 2.18. The summed E-state index contributed by atoms with van der Waals surface area (Å²) in [6.45, 7) is 0.756. The number of nitrogens with zero attached hydrogens (tertiary/aromatic N) is 3. The van der Waals surface area contributed by atoms with E-state index in [1.54, 1.807) is 6.20 Å². The average molecular weight is 409 g/mol. The fourth-order valence-electron chi connectivity index (χ4n) is 2.84. The molecule has 0 atom stereocenters. The van der Waals surface area contributed by atoms with Gasteiger partial charge in [-0.1, -0.05) is 0 Å². The Kier molecular flexibility index (Phi) is 6.05. The van der Waals surface area contributed by atoms with Gasteiger partial charge in [0.1, 0.15) is 5.82 Å². The van der Waals surface area contributed by atoms with Crippen LogP contribution in [0.3, 0.4) is 0 Å². The maximum absolute atomic E-state index is 13.0. The van der Waals surface area contributed by atoms with E-state index in [4.69, 9.17) is 0 Å². The Bertz CT molecular complexity index is 923. The van der Waals surface area contributed by atoms with Gasteiger partial charge < -0.3 is 9.88 Å². The van der Waals surface area contributed by atoms with Gasteiger partial charge in [-0.3, -0.25) is 14.9 Å². The number of anilines is 1. The van der Waals surface area contributed by atoms with Crippen LogP contribution < -0.4 is 5.32 Å². The summed E-state index contributed by atoms with van der Waals surface area (Å²) in [6.07, 6.45) is 3.10. The number of imidazole rings is 1. The number of benzene rings is 1. The Balaban J connectivity index is 1.48. The Morgan fingerprint density at radius 2 is 1.79 bits per heavy atom. The molecule has 2 heterocycles. The molecule has 1 aromatic carbocycles. The van der Waals surface area contributed by atoms with Gasteiger partial charge in [0.15, 0.2) is 0 Å². The number of amides is 2. The number of piperazine rings is 1. The third-order valence-corrected chi connectivity index (χ3v) is 6.28. The molecule has 1 aromatic heterocycles. The Morgan fingerprint density at radius 3 is 2.39 bits per heavy atom. The summed E-state index contributed by atoms with van der Waals surface area (Å²) in [6, 6.07) is 4.64. The van der Waals surface area contributed by atoms with Crippen LogP contribution in [0, 0.1) is 5.82 Å². The first-order chi connectivity index (χ1) is 13.4. The molecule has 0 spiro atoms. The second-order valence-electron chi connectivity index (χ2n) is 6.22. The van der Waals surface area contributed by atoms with E-state index in [1.807, 2.05) is 0 Å². The van der Waals surface area contributed by atoms with E-state index in [1.165, 1.54) is 27.5 Å². The lowest BCUT2D eigenvalue weighted by Gasteiger charge is -2.34. The molecule has 11 heteroatoms. The van der Waals surface area contributed by atoms with E-state index in [9.17, 15) is 22.4 Å². The number of aromatic amines is 1. The monoisotopic (exact) mass is 409 g/mol. The molecule has 9 nitrogen and oxygen atoms in total. The average Bonchev–Trinajstić information content (AvgIpc) is 3.19. The minimum Gasteiger partial charge on any atom is -0.340 e. The SMILES string of the molecule is O=C(CCC(=O)N1CCN(S(=O)(=O)c2ccc(F)cc2)CC1)Nc1ncc[nH]1. The van der Waals surface area contributed by atoms with E-state index in [0.717, 1.165) is 12.1 Å². The summed E-state index contributed by atoms with van der Waals surface area (Å²) < 4.78 is 39.4. The molecule has 3 rings (SSSR count). The topological polar surface area (TPSA) is 115 Å². The molecule has 1 aliphatic rings. The van der Waals surface area contributed by atoms with Crippen LogP contribution in [0.5, 0.6) is 0 Å². The predicted molar refractivity (Wildman–Crippen MR) is 98.2 cm³/mol. The molecular weight excluding hydrogens is 389 g/mol. The smallest absolute Gasteiger partial charge is 0.243 e. The zero-order valence-corrected chi connectivity index (χ0v) is 15.8. The number of nitrogens with one attached hydrogen (secondary N) is 2. The fraction of sp³-hybridized carbons (Fsp3) is 0.353. The summed E-state index contributed by atoms with van der Waals surface area (Å²) in [5, 5.41) is 2.54. The minimum absolute atomic E-state index is 0.00757. The van der Waals surface area contributed by atoms with Crippen molar-refractivity contribution in [3.05, 3.63) is 42.5 Å². The lowest BCUT2D eigenvalue weighted by molar-refractivity contribution is -0.133. The van der Waals surface area contributed by atoms with Gasteiger partial charge in [0.05, 0.1) is 4.90 Å². The van der Waals surface area contributed by atoms with Crippen molar-refractivity contribution in [1.29, 1.82) is 0 Å². The van der Waals surface area contributed by atoms with E-state index >= 15 is 0 Å². The Hall–Kier alpha value is -2.79. The van der Waals surface area contributed by atoms with Gasteiger partial charge in [0.2, 0.25) is 27.8 Å². The first kappa shape index (κ1) is 20.0. The fourth-order valence-corrected chi connectivity index (χ4v) is 4.26. The number of halogens is 1. The number of rotatable bonds is 6. The summed E-state index contributed by atoms with van der Waals surface area (Å²) in [4.78, 5) is 32.2. The second-order valence-corrected chi connectivity index (χ2v) is 8.16. The van der Waals surface area contributed by atoms with E-state index < -0.39 is 15.8 Å². The van der Waals surface area contributed by atoms with Gasteiger partial charge in [-0.2, -0.15) is 4.31 Å². The van der Waals surface area contributed by atoms with Crippen LogP contribution >= 0.6 is 0 Å². The maximum Gasteiger partial charge on any atom is 0.243 e. The highest BCUT2D eigenvalue weighted by Gasteiger charge is 2.30. The molecule has 0 unspecified atom stereocenters. The molecular formula is C17H20FN5O4S. The molecule has 2 aromatic rings. The van der Waals surface area contributed by atoms with Crippen molar-refractivity contribution < 1.29 is 22.4 Å². The van der Waals surface area contributed by atoms with E-state index in [2.05, 4.69) is 15.3 Å². The molecule has 0 bridgehead atoms. The molecule has 1 aliphatic heterocycles. The van der Waals surface area contributed by atoms with Gasteiger partial charge in [0, 0.05) is 51.4 Å². The lowest BCUT2D eigenvalue weighted by atomic mass is 10.2. The molecule has 1 saturated heterocycles. The molecule has 0 radical (unpaired) electrons. The van der Waals surface area contributed by atoms with Gasteiger partial charge in [0.25, 0.3) is 0 Å². The molecule has 1 fully saturated rings. The Labute approximate surface area is 161 Å². The molecule has 150 valence electrons. The number of H-pyrrole nitrogens is 1. The number of aromatic nitrogens is 2. The van der Waals surface area contributed by atoms with Crippen LogP contribution in [0.25, 0.3) is 0 Å².